The quantitative estimate of drug-likeness (QED) is 0.839. The summed E-state index contributed by atoms with van der Waals surface area (Å²) in [5, 5.41) is 12.0. The first-order valence-electron chi connectivity index (χ1n) is 7.12. The van der Waals surface area contributed by atoms with E-state index in [-0.39, 0.29) is 0 Å². The Bertz CT molecular complexity index is 563. The van der Waals surface area contributed by atoms with Crippen LogP contribution in [0.1, 0.15) is 26.2 Å². The fourth-order valence-electron chi connectivity index (χ4n) is 2.16. The molecule has 2 atom stereocenters. The second-order valence-electron chi connectivity index (χ2n) is 5.01. The number of ether oxygens (including phenoxy) is 2. The molecule has 7 heteroatoms. The van der Waals surface area contributed by atoms with Crippen molar-refractivity contribution >= 4 is 29.2 Å². The maximum Gasteiger partial charge on any atom is 0.332 e. The second-order valence-corrected chi connectivity index (χ2v) is 5.44. The number of carbonyl (C=O) groups excluding carboxylic acids is 1. The maximum absolute atomic E-state index is 12.2. The minimum absolute atomic E-state index is 0.322. The van der Waals surface area contributed by atoms with E-state index in [4.69, 9.17) is 26.2 Å². The van der Waals surface area contributed by atoms with Crippen LogP contribution in [0.5, 0.6) is 5.75 Å². The molecule has 1 saturated heterocycles. The molecule has 0 saturated carbocycles. The van der Waals surface area contributed by atoms with Gasteiger partial charge in [0.1, 0.15) is 11.9 Å². The van der Waals surface area contributed by atoms with Gasteiger partial charge in [-0.25, -0.2) is 4.79 Å². The number of carboxylic acid groups (broad SMARTS) is 1. The van der Waals surface area contributed by atoms with Crippen LogP contribution < -0.4 is 10.1 Å². The zero-order chi connectivity index (χ0) is 16.1. The van der Waals surface area contributed by atoms with Gasteiger partial charge in [0, 0.05) is 5.02 Å². The number of carbonyl (C=O) groups is 2. The Hall–Kier alpha value is -1.79. The van der Waals surface area contributed by atoms with E-state index in [0.29, 0.717) is 35.9 Å². The fraction of sp³-hybridized carbons (Fsp3) is 0.467. The number of hydrogen-bond acceptors (Lipinski definition) is 4. The summed E-state index contributed by atoms with van der Waals surface area (Å²) in [7, 11) is 0. The van der Waals surface area contributed by atoms with Crippen molar-refractivity contribution in [3.63, 3.8) is 0 Å². The fourth-order valence-corrected chi connectivity index (χ4v) is 2.33. The van der Waals surface area contributed by atoms with Gasteiger partial charge in [0.05, 0.1) is 12.3 Å². The van der Waals surface area contributed by atoms with Gasteiger partial charge in [-0.15, -0.1) is 0 Å². The topological polar surface area (TPSA) is 84.9 Å². The standard InChI is InChI=1S/C15H18ClNO5/c1-2-7-21-11-4-3-9(16)8-10(11)17-14(18)12-5-6-13(22-12)15(19)20/h3-4,8,12-13H,2,5-7H2,1H3,(H,17,18)(H,19,20)/t12-,13+/m0/s1. The smallest absolute Gasteiger partial charge is 0.332 e. The summed E-state index contributed by atoms with van der Waals surface area (Å²) < 4.78 is 10.8. The summed E-state index contributed by atoms with van der Waals surface area (Å²) in [5.74, 6) is -0.926. The Labute approximate surface area is 133 Å². The van der Waals surface area contributed by atoms with Crippen molar-refractivity contribution in [2.24, 2.45) is 0 Å². The lowest BCUT2D eigenvalue weighted by Crippen LogP contribution is -2.30. The zero-order valence-electron chi connectivity index (χ0n) is 12.2. The minimum Gasteiger partial charge on any atom is -0.491 e. The minimum atomic E-state index is -1.05. The molecule has 0 aliphatic carbocycles. The highest BCUT2D eigenvalue weighted by Gasteiger charge is 2.34. The van der Waals surface area contributed by atoms with Gasteiger partial charge in [-0.2, -0.15) is 0 Å². The first kappa shape index (κ1) is 16.6. The molecule has 1 amide bonds. The molecule has 1 fully saturated rings. The third-order valence-electron chi connectivity index (χ3n) is 3.25. The summed E-state index contributed by atoms with van der Waals surface area (Å²) in [6, 6.07) is 4.95. The lowest BCUT2D eigenvalue weighted by Gasteiger charge is -2.15. The molecule has 22 heavy (non-hydrogen) atoms. The number of hydrogen-bond donors (Lipinski definition) is 2. The highest BCUT2D eigenvalue weighted by Crippen LogP contribution is 2.29. The Morgan fingerprint density at radius 2 is 2.14 bits per heavy atom. The van der Waals surface area contributed by atoms with Crippen LogP contribution in [-0.4, -0.2) is 35.8 Å². The summed E-state index contributed by atoms with van der Waals surface area (Å²) >= 11 is 5.94. The van der Waals surface area contributed by atoms with Crippen molar-refractivity contribution in [2.75, 3.05) is 11.9 Å². The zero-order valence-corrected chi connectivity index (χ0v) is 12.9. The highest BCUT2D eigenvalue weighted by molar-refractivity contribution is 6.31. The van der Waals surface area contributed by atoms with Crippen molar-refractivity contribution in [2.45, 2.75) is 38.4 Å². The van der Waals surface area contributed by atoms with E-state index < -0.39 is 24.1 Å². The largest absolute Gasteiger partial charge is 0.491 e. The van der Waals surface area contributed by atoms with E-state index in [1.807, 2.05) is 6.92 Å². The van der Waals surface area contributed by atoms with Crippen LogP contribution in [0.15, 0.2) is 18.2 Å². The lowest BCUT2D eigenvalue weighted by atomic mass is 10.2. The van der Waals surface area contributed by atoms with Crippen molar-refractivity contribution in [3.05, 3.63) is 23.2 Å². The van der Waals surface area contributed by atoms with Gasteiger partial charge in [-0.3, -0.25) is 4.79 Å². The van der Waals surface area contributed by atoms with E-state index >= 15 is 0 Å². The number of aliphatic carboxylic acids is 1. The molecule has 0 unspecified atom stereocenters. The average molecular weight is 328 g/mol. The van der Waals surface area contributed by atoms with E-state index in [1.54, 1.807) is 18.2 Å². The summed E-state index contributed by atoms with van der Waals surface area (Å²) in [6.07, 6.45) is -0.177. The Kier molecular flexibility index (Phi) is 5.63. The average Bonchev–Trinajstić information content (AvgIpc) is 2.96. The number of benzene rings is 1. The van der Waals surface area contributed by atoms with Gasteiger partial charge in [-0.1, -0.05) is 18.5 Å². The molecule has 120 valence electrons. The predicted molar refractivity (Wildman–Crippen MR) is 81.4 cm³/mol. The van der Waals surface area contributed by atoms with Crippen LogP contribution in [0.3, 0.4) is 0 Å². The van der Waals surface area contributed by atoms with Crippen LogP contribution >= 0.6 is 11.6 Å². The van der Waals surface area contributed by atoms with E-state index in [2.05, 4.69) is 5.32 Å². The predicted octanol–water partition coefficient (Wildman–Crippen LogP) is 2.70. The first-order chi connectivity index (χ1) is 10.5. The molecule has 2 rings (SSSR count). The number of anilines is 1. The number of rotatable bonds is 6. The molecule has 0 bridgehead atoms. The van der Waals surface area contributed by atoms with Crippen molar-refractivity contribution in [1.82, 2.24) is 0 Å². The maximum atomic E-state index is 12.2. The lowest BCUT2D eigenvalue weighted by molar-refractivity contribution is -0.150. The third kappa shape index (κ3) is 4.11. The van der Waals surface area contributed by atoms with Crippen LogP contribution in [0.4, 0.5) is 5.69 Å². The van der Waals surface area contributed by atoms with Crippen LogP contribution in [0.2, 0.25) is 5.02 Å². The van der Waals surface area contributed by atoms with Gasteiger partial charge in [-0.05, 0) is 37.5 Å². The van der Waals surface area contributed by atoms with Crippen molar-refractivity contribution < 1.29 is 24.2 Å². The Morgan fingerprint density at radius 1 is 1.41 bits per heavy atom. The molecule has 1 aromatic carbocycles. The van der Waals surface area contributed by atoms with Gasteiger partial charge in [0.2, 0.25) is 0 Å². The van der Waals surface area contributed by atoms with Crippen molar-refractivity contribution in [3.8, 4) is 5.75 Å². The normalized spacial score (nSPS) is 20.6. The van der Waals surface area contributed by atoms with E-state index in [1.165, 1.54) is 0 Å². The molecular weight excluding hydrogens is 310 g/mol. The van der Waals surface area contributed by atoms with Gasteiger partial charge in [0.25, 0.3) is 5.91 Å². The molecule has 0 radical (unpaired) electrons. The summed E-state index contributed by atoms with van der Waals surface area (Å²) in [5.41, 5.74) is 0.452. The number of halogens is 1. The van der Waals surface area contributed by atoms with E-state index in [9.17, 15) is 9.59 Å². The van der Waals surface area contributed by atoms with Crippen molar-refractivity contribution in [1.29, 1.82) is 0 Å². The molecule has 1 aliphatic rings. The molecule has 0 spiro atoms. The molecule has 1 heterocycles. The van der Waals surface area contributed by atoms with Crippen LogP contribution in [0.25, 0.3) is 0 Å². The summed E-state index contributed by atoms with van der Waals surface area (Å²) in [4.78, 5) is 23.0. The highest BCUT2D eigenvalue weighted by atomic mass is 35.5. The number of carboxylic acids is 1. The Balaban J connectivity index is 2.05. The Morgan fingerprint density at radius 3 is 2.77 bits per heavy atom. The molecule has 1 aliphatic heterocycles. The molecule has 6 nitrogen and oxygen atoms in total. The van der Waals surface area contributed by atoms with Gasteiger partial charge in [0.15, 0.2) is 6.10 Å². The number of nitrogens with one attached hydrogen (secondary N) is 1. The van der Waals surface area contributed by atoms with Gasteiger partial charge < -0.3 is 19.9 Å². The third-order valence-corrected chi connectivity index (χ3v) is 3.48. The molecule has 0 aromatic heterocycles. The monoisotopic (exact) mass is 327 g/mol. The number of amides is 1. The SMILES string of the molecule is CCCOc1ccc(Cl)cc1NC(=O)[C@@H]1CC[C@H](C(=O)O)O1. The molecule has 2 N–H and O–H groups in total. The van der Waals surface area contributed by atoms with E-state index in [0.717, 1.165) is 6.42 Å². The van der Waals surface area contributed by atoms with Gasteiger partial charge >= 0.3 is 5.97 Å². The van der Waals surface area contributed by atoms with Crippen LogP contribution in [0, 0.1) is 0 Å². The van der Waals surface area contributed by atoms with Crippen LogP contribution in [-0.2, 0) is 14.3 Å². The first-order valence-corrected chi connectivity index (χ1v) is 7.50. The summed E-state index contributed by atoms with van der Waals surface area (Å²) in [6.45, 7) is 2.50. The molecule has 1 aromatic rings. The second kappa shape index (κ2) is 7.47. The molecular formula is C15H18ClNO5.